The van der Waals surface area contributed by atoms with Crippen LogP contribution in [0.3, 0.4) is 0 Å². The molecular weight excluding hydrogens is 1140 g/mol. The number of pyridine rings is 2. The van der Waals surface area contributed by atoms with Crippen molar-refractivity contribution in [2.75, 3.05) is 6.61 Å². The number of alkyl halides is 1. The molecule has 0 saturated carbocycles. The first-order chi connectivity index (χ1) is 37.9. The fourth-order valence-electron chi connectivity index (χ4n) is 6.96. The molecule has 19 nitrogen and oxygen atoms in total. The molecule has 0 radical (unpaired) electrons. The Morgan fingerprint density at radius 2 is 1.30 bits per heavy atom. The summed E-state index contributed by atoms with van der Waals surface area (Å²) in [6, 6.07) is 47.1. The van der Waals surface area contributed by atoms with Crippen molar-refractivity contribution < 1.29 is 14.3 Å². The topological polar surface area (TPSA) is 360 Å². The van der Waals surface area contributed by atoms with Crippen LogP contribution in [0, 0.1) is 54.8 Å². The standard InChI is InChI=1S/C21H16N6OS.C13H10N2OS.C12H14O3.C8H10BrN3.C3H4N2S.H3N/c1-13-4-2-6-15(8-13)17-10-19(28)23-21(18(17)11-22)29-12-14-5-3-7-16(9-14)20-24-26-27-25-20;1-8-3-2-4-9(5-8)10-6-12(16)15-13(17)11(10)7-14;1-3-15-12(14)8-11(13)10-6-4-5-9(2)7-10;9-5-6-2-1-3-7(4-6)8(10)12-11;4-2-1-3(5)6;/h2-10H,12H2,1H3,(H,23,28)(H,24,25,26,27);2-6H,1H3,(H2,15,16,17);4-7H,3,8H2,1-2H3;1-4H,5,11H2,(H2,10,12);1H2,(H2,5,6);1H3. The third-order valence-corrected chi connectivity index (χ3v) is 12.7. The number of benzene rings is 5. The van der Waals surface area contributed by atoms with Gasteiger partial charge in [0.15, 0.2) is 5.78 Å². The van der Waals surface area contributed by atoms with E-state index in [1.54, 1.807) is 31.2 Å². The molecule has 8 aromatic rings. The number of carbonyl (C=O) groups excluding carboxylic acids is 2. The van der Waals surface area contributed by atoms with Gasteiger partial charge in [-0.1, -0.05) is 148 Å². The Kier molecular flexibility index (Phi) is 27.7. The van der Waals surface area contributed by atoms with Gasteiger partial charge in [-0.15, -0.1) is 34.6 Å². The van der Waals surface area contributed by atoms with Gasteiger partial charge in [-0.25, -0.2) is 0 Å². The maximum atomic E-state index is 12.3. The molecule has 0 fully saturated rings. The number of Topliss-reactive ketones (excluding diaryl/α,β-unsaturated/α-hetero) is 1. The van der Waals surface area contributed by atoms with E-state index >= 15 is 0 Å². The van der Waals surface area contributed by atoms with Crippen molar-refractivity contribution in [3.63, 3.8) is 0 Å². The number of carbonyl (C=O) groups is 2. The van der Waals surface area contributed by atoms with Gasteiger partial charge in [0.25, 0.3) is 0 Å². The molecule has 0 aliphatic rings. The number of hydrazone groups is 1. The molecule has 80 heavy (non-hydrogen) atoms. The number of ether oxygens (including phenoxy) is 1. The van der Waals surface area contributed by atoms with E-state index in [1.165, 1.54) is 23.9 Å². The van der Waals surface area contributed by atoms with Gasteiger partial charge in [0.05, 0.1) is 45.3 Å². The van der Waals surface area contributed by atoms with Crippen LogP contribution >= 0.6 is 52.5 Å². The van der Waals surface area contributed by atoms with Gasteiger partial charge >= 0.3 is 5.97 Å². The normalized spacial score (nSPS) is 10.0. The zero-order valence-corrected chi connectivity index (χ0v) is 48.1. The maximum absolute atomic E-state index is 12.3. The second-order valence-corrected chi connectivity index (χ2v) is 19.2. The molecule has 0 unspecified atom stereocenters. The number of H-pyrrole nitrogens is 3. The summed E-state index contributed by atoms with van der Waals surface area (Å²) in [4.78, 5) is 51.9. The minimum Gasteiger partial charge on any atom is -0.466 e. The van der Waals surface area contributed by atoms with Gasteiger partial charge in [-0.2, -0.15) is 26.1 Å². The van der Waals surface area contributed by atoms with E-state index in [-0.39, 0.29) is 40.9 Å². The van der Waals surface area contributed by atoms with Crippen molar-refractivity contribution in [2.24, 2.45) is 22.4 Å². The number of hydrogen-bond acceptors (Lipinski definition) is 17. The number of halogens is 1. The van der Waals surface area contributed by atoms with Crippen LogP contribution < -0.4 is 34.6 Å². The fourth-order valence-corrected chi connectivity index (χ4v) is 8.62. The number of nitrogens with zero attached hydrogens (tertiary/aromatic N) is 7. The average molecular weight is 1190 g/mol. The van der Waals surface area contributed by atoms with Crippen LogP contribution in [-0.4, -0.2) is 59.8 Å². The lowest BCUT2D eigenvalue weighted by Gasteiger charge is -2.10. The zero-order chi connectivity index (χ0) is 57.9. The molecule has 8 rings (SSSR count). The molecule has 0 atom stereocenters. The van der Waals surface area contributed by atoms with Crippen molar-refractivity contribution in [3.05, 3.63) is 204 Å². The van der Waals surface area contributed by atoms with Crippen molar-refractivity contribution >= 4 is 75.1 Å². The largest absolute Gasteiger partial charge is 0.466 e. The van der Waals surface area contributed by atoms with E-state index in [9.17, 15) is 24.4 Å². The van der Waals surface area contributed by atoms with E-state index in [1.807, 2.05) is 124 Å². The summed E-state index contributed by atoms with van der Waals surface area (Å²) in [6.07, 6.45) is 0.00657. The smallest absolute Gasteiger partial charge is 0.313 e. The highest BCUT2D eigenvalue weighted by atomic mass is 79.9. The Hall–Kier alpha value is -9.02. The van der Waals surface area contributed by atoms with E-state index in [0.29, 0.717) is 61.9 Å². The van der Waals surface area contributed by atoms with Crippen LogP contribution in [0.2, 0.25) is 0 Å². The summed E-state index contributed by atoms with van der Waals surface area (Å²) in [5.41, 5.74) is 21.3. The fraction of sp³-hybridized carbons (Fsp3) is 0.158. The zero-order valence-electron chi connectivity index (χ0n) is 44.0. The number of thioether (sulfide) groups is 1. The lowest BCUT2D eigenvalue weighted by Crippen LogP contribution is -2.15. The number of nitriles is 3. The average Bonchev–Trinajstić information content (AvgIpc) is 3.99. The van der Waals surface area contributed by atoms with E-state index in [2.05, 4.69) is 88.6 Å². The number of thiocarbonyl (C=S) groups is 1. The van der Waals surface area contributed by atoms with Crippen LogP contribution in [0.15, 0.2) is 158 Å². The number of esters is 1. The minimum atomic E-state index is -0.469. The molecule has 5 aromatic carbocycles. The quantitative estimate of drug-likeness (QED) is 0.00455. The van der Waals surface area contributed by atoms with Crippen LogP contribution in [0.4, 0.5) is 0 Å². The summed E-state index contributed by atoms with van der Waals surface area (Å²) in [7, 11) is 0. The number of nitrogens with one attached hydrogen (secondary N) is 3. The third-order valence-electron chi connectivity index (χ3n) is 10.5. The lowest BCUT2D eigenvalue weighted by atomic mass is 10.0. The van der Waals surface area contributed by atoms with Crippen LogP contribution in [-0.2, 0) is 20.6 Å². The second kappa shape index (κ2) is 34.0. The number of aromatic amines is 3. The van der Waals surface area contributed by atoms with E-state index < -0.39 is 5.97 Å². The Bertz CT molecular complexity index is 3680. The molecule has 3 aromatic heterocycles. The molecule has 0 amide bonds. The van der Waals surface area contributed by atoms with Gasteiger partial charge in [0.2, 0.25) is 16.9 Å². The number of rotatable bonds is 13. The molecule has 410 valence electrons. The first-order valence-corrected chi connectivity index (χ1v) is 26.6. The van der Waals surface area contributed by atoms with E-state index in [0.717, 1.165) is 55.4 Å². The van der Waals surface area contributed by atoms with Crippen molar-refractivity contribution in [2.45, 2.75) is 61.7 Å². The SMILES string of the molecule is CCOC(=O)CC(=O)c1cccc(C)c1.Cc1cccc(-c2cc(=O)[nH]c(S)c2C#N)c1.Cc1cccc(-c2cc(=O)[nH]c(SCc3cccc(-c4nn[nH]n4)c3)c2C#N)c1.N.N#CCC(N)=S.N/N=C(\N)c1cccc(CBr)c1. The second-order valence-electron chi connectivity index (χ2n) is 16.6. The van der Waals surface area contributed by atoms with Gasteiger partial charge in [-0.3, -0.25) is 19.2 Å². The third kappa shape index (κ3) is 21.1. The van der Waals surface area contributed by atoms with Crippen LogP contribution in [0.5, 0.6) is 0 Å². The molecule has 0 aliphatic heterocycles. The van der Waals surface area contributed by atoms with Gasteiger partial charge in [0.1, 0.15) is 24.4 Å². The molecular formula is C57H57BrN14O5S3. The number of aromatic nitrogens is 6. The monoisotopic (exact) mass is 1190 g/mol. The summed E-state index contributed by atoms with van der Waals surface area (Å²) in [5, 5.41) is 45.8. The molecule has 0 saturated heterocycles. The molecule has 0 spiro atoms. The number of amidine groups is 1. The van der Waals surface area contributed by atoms with Crippen LogP contribution in [0.25, 0.3) is 33.6 Å². The predicted molar refractivity (Wildman–Crippen MR) is 323 cm³/mol. The first kappa shape index (κ1) is 65.3. The minimum absolute atomic E-state index is 0. The molecule has 0 aliphatic carbocycles. The Labute approximate surface area is 485 Å². The Morgan fingerprint density at radius 1 is 0.750 bits per heavy atom. The maximum Gasteiger partial charge on any atom is 0.313 e. The van der Waals surface area contributed by atoms with E-state index in [4.69, 9.17) is 32.6 Å². The van der Waals surface area contributed by atoms with Crippen LogP contribution in [0.1, 0.15) is 74.6 Å². The number of thiol groups is 1. The molecule has 12 N–H and O–H groups in total. The first-order valence-electron chi connectivity index (χ1n) is 23.7. The lowest BCUT2D eigenvalue weighted by molar-refractivity contribution is -0.141. The summed E-state index contributed by atoms with van der Waals surface area (Å²) in [6.45, 7) is 7.87. The number of nitrogens with two attached hydrogens (primary N) is 3. The van der Waals surface area contributed by atoms with Crippen molar-refractivity contribution in [1.29, 1.82) is 15.8 Å². The molecule has 23 heteroatoms. The summed E-state index contributed by atoms with van der Waals surface area (Å²) >= 11 is 13.2. The van der Waals surface area contributed by atoms with Gasteiger partial charge in [-0.05, 0) is 73.4 Å². The highest BCUT2D eigenvalue weighted by molar-refractivity contribution is 9.08. The van der Waals surface area contributed by atoms with Crippen molar-refractivity contribution in [1.82, 2.24) is 36.7 Å². The van der Waals surface area contributed by atoms with Crippen molar-refractivity contribution in [3.8, 4) is 51.8 Å². The van der Waals surface area contributed by atoms with Gasteiger partial charge < -0.3 is 38.2 Å². The highest BCUT2D eigenvalue weighted by Crippen LogP contribution is 2.31. The van der Waals surface area contributed by atoms with Gasteiger partial charge in [0, 0.05) is 51.0 Å². The number of tetrazole rings is 1. The highest BCUT2D eigenvalue weighted by Gasteiger charge is 2.15. The number of ketones is 1. The Balaban J connectivity index is 0.000000285. The summed E-state index contributed by atoms with van der Waals surface area (Å²) in [5.74, 6) is 5.84. The number of aryl methyl sites for hydroxylation is 3. The molecule has 0 bridgehead atoms. The number of hydrogen-bond donors (Lipinski definition) is 8. The summed E-state index contributed by atoms with van der Waals surface area (Å²) < 4.78 is 4.70. The predicted octanol–water partition coefficient (Wildman–Crippen LogP) is 9.84. The Morgan fingerprint density at radius 3 is 1.82 bits per heavy atom. The molecule has 3 heterocycles.